The van der Waals surface area contributed by atoms with Crippen molar-refractivity contribution in [1.29, 1.82) is 0 Å². The maximum Gasteiger partial charge on any atom is 0.341 e. The smallest absolute Gasteiger partial charge is 0.324 e. The third-order valence-electron chi connectivity index (χ3n) is 2.24. The van der Waals surface area contributed by atoms with E-state index in [2.05, 4.69) is 10.6 Å². The number of carbonyl (C=O) groups is 1. The summed E-state index contributed by atoms with van der Waals surface area (Å²) in [6.07, 6.45) is 0. The van der Waals surface area contributed by atoms with Gasteiger partial charge in [-0.2, -0.15) is 8.78 Å². The minimum atomic E-state index is -4.74. The summed E-state index contributed by atoms with van der Waals surface area (Å²) in [5, 5.41) is 5.03. The van der Waals surface area contributed by atoms with E-state index in [1.165, 1.54) is 18.2 Å². The van der Waals surface area contributed by atoms with Crippen LogP contribution in [0.25, 0.3) is 0 Å². The van der Waals surface area contributed by atoms with E-state index in [0.29, 0.717) is 6.54 Å². The minimum absolute atomic E-state index is 0.0282. The number of amides is 1. The average Bonchev–Trinajstić information content (AvgIpc) is 2.36. The van der Waals surface area contributed by atoms with Crippen molar-refractivity contribution in [1.82, 2.24) is 5.32 Å². The molecule has 0 spiro atoms. The van der Waals surface area contributed by atoms with Gasteiger partial charge in [0.2, 0.25) is 15.7 Å². The Labute approximate surface area is 109 Å². The Bertz CT molecular complexity index is 547. The molecule has 0 bridgehead atoms. The summed E-state index contributed by atoms with van der Waals surface area (Å²) in [6, 6.07) is 5.06. The van der Waals surface area contributed by atoms with Gasteiger partial charge < -0.3 is 10.6 Å². The monoisotopic (exact) mass is 292 g/mol. The van der Waals surface area contributed by atoms with E-state index < -0.39 is 26.4 Å². The van der Waals surface area contributed by atoms with Crippen LogP contribution in [0.15, 0.2) is 29.2 Å². The standard InChI is InChI=1S/C11H14F2N2O3S/c1-2-14-7-10(16)15-8-5-3-4-6-9(8)19(17,18)11(12)13/h3-6,11,14H,2,7H2,1H3,(H,15,16). The number of halogens is 2. The molecule has 0 heterocycles. The van der Waals surface area contributed by atoms with Crippen LogP contribution in [-0.2, 0) is 14.6 Å². The SMILES string of the molecule is CCNCC(=O)Nc1ccccc1S(=O)(=O)C(F)F. The van der Waals surface area contributed by atoms with Gasteiger partial charge >= 0.3 is 5.76 Å². The number of rotatable bonds is 6. The molecule has 0 aliphatic heterocycles. The predicted octanol–water partition coefficient (Wildman–Crippen LogP) is 1.23. The molecule has 0 aliphatic rings. The number of nitrogens with one attached hydrogen (secondary N) is 2. The first kappa shape index (κ1) is 15.5. The van der Waals surface area contributed by atoms with E-state index >= 15 is 0 Å². The molecule has 0 aliphatic carbocycles. The number of alkyl halides is 2. The quantitative estimate of drug-likeness (QED) is 0.827. The Morgan fingerprint density at radius 3 is 2.53 bits per heavy atom. The highest BCUT2D eigenvalue weighted by Gasteiger charge is 2.29. The summed E-state index contributed by atoms with van der Waals surface area (Å²) in [4.78, 5) is 10.9. The Morgan fingerprint density at radius 2 is 1.95 bits per heavy atom. The van der Waals surface area contributed by atoms with Gasteiger partial charge in [0.25, 0.3) is 0 Å². The third kappa shape index (κ3) is 3.97. The summed E-state index contributed by atoms with van der Waals surface area (Å²) < 4.78 is 47.9. The van der Waals surface area contributed by atoms with Gasteiger partial charge in [-0.1, -0.05) is 19.1 Å². The average molecular weight is 292 g/mol. The molecule has 1 aromatic carbocycles. The molecular weight excluding hydrogens is 278 g/mol. The molecule has 0 aromatic heterocycles. The van der Waals surface area contributed by atoms with E-state index in [-0.39, 0.29) is 12.2 Å². The van der Waals surface area contributed by atoms with Gasteiger partial charge in [-0.05, 0) is 18.7 Å². The van der Waals surface area contributed by atoms with E-state index in [0.717, 1.165) is 6.07 Å². The van der Waals surface area contributed by atoms with E-state index in [9.17, 15) is 22.0 Å². The van der Waals surface area contributed by atoms with Gasteiger partial charge in [-0.15, -0.1) is 0 Å². The minimum Gasteiger partial charge on any atom is -0.324 e. The molecule has 106 valence electrons. The van der Waals surface area contributed by atoms with Crippen LogP contribution < -0.4 is 10.6 Å². The molecule has 1 amide bonds. The van der Waals surface area contributed by atoms with E-state index in [1.807, 2.05) is 0 Å². The van der Waals surface area contributed by atoms with Crippen molar-refractivity contribution < 1.29 is 22.0 Å². The lowest BCUT2D eigenvalue weighted by Crippen LogP contribution is -2.28. The topological polar surface area (TPSA) is 75.3 Å². The zero-order valence-corrected chi connectivity index (χ0v) is 11.0. The molecule has 19 heavy (non-hydrogen) atoms. The largest absolute Gasteiger partial charge is 0.341 e. The van der Waals surface area contributed by atoms with Gasteiger partial charge in [0.15, 0.2) is 0 Å². The van der Waals surface area contributed by atoms with Gasteiger partial charge in [0, 0.05) is 0 Å². The first-order valence-corrected chi connectivity index (χ1v) is 7.06. The van der Waals surface area contributed by atoms with Crippen molar-refractivity contribution in [3.8, 4) is 0 Å². The Balaban J connectivity index is 3.01. The van der Waals surface area contributed by atoms with Crippen molar-refractivity contribution in [3.05, 3.63) is 24.3 Å². The van der Waals surface area contributed by atoms with Crippen LogP contribution in [0.1, 0.15) is 6.92 Å². The van der Waals surface area contributed by atoms with Crippen LogP contribution in [0, 0.1) is 0 Å². The highest BCUT2D eigenvalue weighted by Crippen LogP contribution is 2.25. The highest BCUT2D eigenvalue weighted by molar-refractivity contribution is 7.91. The number of likely N-dealkylation sites (N-methyl/N-ethyl adjacent to an activating group) is 1. The second-order valence-electron chi connectivity index (χ2n) is 3.63. The second-order valence-corrected chi connectivity index (χ2v) is 5.52. The maximum atomic E-state index is 12.5. The van der Waals surface area contributed by atoms with Crippen LogP contribution in [0.5, 0.6) is 0 Å². The Kier molecular flexibility index (Phi) is 5.37. The lowest BCUT2D eigenvalue weighted by molar-refractivity contribution is -0.115. The summed E-state index contributed by atoms with van der Waals surface area (Å²) in [6.45, 7) is 2.33. The second kappa shape index (κ2) is 6.58. The number of sulfone groups is 1. The summed E-state index contributed by atoms with van der Waals surface area (Å²) in [7, 11) is -4.74. The molecule has 1 aromatic rings. The molecular formula is C11H14F2N2O3S. The number of hydrogen-bond acceptors (Lipinski definition) is 4. The van der Waals surface area contributed by atoms with Gasteiger partial charge in [-0.3, -0.25) is 4.79 Å². The van der Waals surface area contributed by atoms with Gasteiger partial charge in [0.05, 0.1) is 17.1 Å². The van der Waals surface area contributed by atoms with Crippen LogP contribution in [0.3, 0.4) is 0 Å². The summed E-state index contributed by atoms with van der Waals surface area (Å²) in [5.74, 6) is -4.03. The Hall–Kier alpha value is -1.54. The van der Waals surface area contributed by atoms with E-state index in [1.54, 1.807) is 6.92 Å². The predicted molar refractivity (Wildman–Crippen MR) is 66.8 cm³/mol. The third-order valence-corrected chi connectivity index (χ3v) is 3.68. The summed E-state index contributed by atoms with van der Waals surface area (Å²) >= 11 is 0. The van der Waals surface area contributed by atoms with Crippen molar-refractivity contribution in [2.75, 3.05) is 18.4 Å². The molecule has 5 nitrogen and oxygen atoms in total. The van der Waals surface area contributed by atoms with Crippen LogP contribution in [0.2, 0.25) is 0 Å². The molecule has 0 radical (unpaired) electrons. The van der Waals surface area contributed by atoms with Crippen molar-refractivity contribution in [2.24, 2.45) is 0 Å². The number of para-hydroxylation sites is 1. The molecule has 8 heteroatoms. The molecule has 0 fully saturated rings. The zero-order valence-electron chi connectivity index (χ0n) is 10.2. The number of benzene rings is 1. The lowest BCUT2D eigenvalue weighted by atomic mass is 10.3. The fourth-order valence-corrected chi connectivity index (χ4v) is 2.23. The first-order valence-electron chi connectivity index (χ1n) is 5.51. The van der Waals surface area contributed by atoms with Gasteiger partial charge in [0.1, 0.15) is 0 Å². The lowest BCUT2D eigenvalue weighted by Gasteiger charge is -2.11. The van der Waals surface area contributed by atoms with Crippen molar-refractivity contribution >= 4 is 21.4 Å². The molecule has 0 saturated heterocycles. The fraction of sp³-hybridized carbons (Fsp3) is 0.364. The fourth-order valence-electron chi connectivity index (χ4n) is 1.35. The normalized spacial score (nSPS) is 11.6. The van der Waals surface area contributed by atoms with E-state index in [4.69, 9.17) is 0 Å². The number of anilines is 1. The number of hydrogen-bond donors (Lipinski definition) is 2. The van der Waals surface area contributed by atoms with Crippen LogP contribution in [0.4, 0.5) is 14.5 Å². The summed E-state index contributed by atoms with van der Waals surface area (Å²) in [5.41, 5.74) is -0.147. The molecule has 2 N–H and O–H groups in total. The Morgan fingerprint density at radius 1 is 1.32 bits per heavy atom. The van der Waals surface area contributed by atoms with Crippen molar-refractivity contribution in [3.63, 3.8) is 0 Å². The highest BCUT2D eigenvalue weighted by atomic mass is 32.2. The molecule has 0 atom stereocenters. The van der Waals surface area contributed by atoms with Crippen LogP contribution in [-0.4, -0.2) is 33.2 Å². The van der Waals surface area contributed by atoms with Gasteiger partial charge in [-0.25, -0.2) is 8.42 Å². The first-order chi connectivity index (χ1) is 8.89. The number of carbonyl (C=O) groups excluding carboxylic acids is 1. The molecule has 1 rings (SSSR count). The molecule has 0 saturated carbocycles. The molecule has 0 unspecified atom stereocenters. The maximum absolute atomic E-state index is 12.5. The van der Waals surface area contributed by atoms with Crippen molar-refractivity contribution in [2.45, 2.75) is 17.6 Å². The van der Waals surface area contributed by atoms with Crippen LogP contribution >= 0.6 is 0 Å². The zero-order chi connectivity index (χ0) is 14.5.